The van der Waals surface area contributed by atoms with E-state index in [1.54, 1.807) is 0 Å². The van der Waals surface area contributed by atoms with Crippen LogP contribution >= 0.6 is 46.4 Å². The van der Waals surface area contributed by atoms with Crippen molar-refractivity contribution in [3.05, 3.63) is 67.6 Å². The van der Waals surface area contributed by atoms with Crippen LogP contribution in [0.25, 0.3) is 0 Å². The SMILES string of the molecule is Clc1ccc(C2(C3CCNC3)CCC2)cc1Cl.Clc1ccc(C2(C3CCNC3)CCC2)cc1Cl. The van der Waals surface area contributed by atoms with Gasteiger partial charge in [-0.3, -0.25) is 0 Å². The van der Waals surface area contributed by atoms with E-state index in [2.05, 4.69) is 34.9 Å². The van der Waals surface area contributed by atoms with Crippen LogP contribution in [0.5, 0.6) is 0 Å². The fourth-order valence-electron chi connectivity index (χ4n) is 6.84. The topological polar surface area (TPSA) is 24.1 Å². The average molecular weight is 540 g/mol. The summed E-state index contributed by atoms with van der Waals surface area (Å²) in [5, 5.41) is 9.68. The second kappa shape index (κ2) is 10.5. The smallest absolute Gasteiger partial charge is 0.0595 e. The molecule has 6 heteroatoms. The summed E-state index contributed by atoms with van der Waals surface area (Å²) in [5.41, 5.74) is 3.54. The van der Waals surface area contributed by atoms with E-state index >= 15 is 0 Å². The summed E-state index contributed by atoms with van der Waals surface area (Å²) in [6.07, 6.45) is 10.5. The quantitative estimate of drug-likeness (QED) is 0.410. The van der Waals surface area contributed by atoms with Crippen molar-refractivity contribution in [1.82, 2.24) is 10.6 Å². The summed E-state index contributed by atoms with van der Waals surface area (Å²) >= 11 is 24.3. The maximum atomic E-state index is 6.16. The van der Waals surface area contributed by atoms with Crippen LogP contribution in [-0.2, 0) is 10.8 Å². The molecule has 6 rings (SSSR count). The molecule has 0 bridgehead atoms. The number of rotatable bonds is 4. The van der Waals surface area contributed by atoms with E-state index in [4.69, 9.17) is 46.4 Å². The van der Waals surface area contributed by atoms with Crippen LogP contribution in [-0.4, -0.2) is 26.2 Å². The van der Waals surface area contributed by atoms with E-state index < -0.39 is 0 Å². The highest BCUT2D eigenvalue weighted by Gasteiger charge is 2.47. The van der Waals surface area contributed by atoms with E-state index in [9.17, 15) is 0 Å². The van der Waals surface area contributed by atoms with Crippen molar-refractivity contribution in [1.29, 1.82) is 0 Å². The van der Waals surface area contributed by atoms with Crippen LogP contribution in [0.1, 0.15) is 62.5 Å². The van der Waals surface area contributed by atoms with Gasteiger partial charge in [0.25, 0.3) is 0 Å². The second-order valence-electron chi connectivity index (χ2n) is 10.7. The minimum atomic E-state index is 0.373. The van der Waals surface area contributed by atoms with E-state index in [-0.39, 0.29) is 0 Å². The molecule has 2 nitrogen and oxygen atoms in total. The Morgan fingerprint density at radius 2 is 1.00 bits per heavy atom. The Kier molecular flexibility index (Phi) is 7.76. The molecule has 2 heterocycles. The van der Waals surface area contributed by atoms with Crippen LogP contribution in [0.15, 0.2) is 36.4 Å². The number of nitrogens with one attached hydrogen (secondary N) is 2. The molecule has 2 saturated carbocycles. The maximum Gasteiger partial charge on any atom is 0.0595 e. The summed E-state index contributed by atoms with van der Waals surface area (Å²) < 4.78 is 0. The van der Waals surface area contributed by atoms with Gasteiger partial charge in [-0.15, -0.1) is 0 Å². The van der Waals surface area contributed by atoms with Crippen LogP contribution in [0.3, 0.4) is 0 Å². The predicted molar refractivity (Wildman–Crippen MR) is 146 cm³/mol. The number of hydrogen-bond acceptors (Lipinski definition) is 2. The first-order valence-electron chi connectivity index (χ1n) is 12.8. The predicted octanol–water partition coefficient (Wildman–Crippen LogP) is 8.05. The van der Waals surface area contributed by atoms with Gasteiger partial charge in [0, 0.05) is 0 Å². The molecule has 0 amide bonds. The van der Waals surface area contributed by atoms with Gasteiger partial charge in [-0.2, -0.15) is 0 Å². The largest absolute Gasteiger partial charge is 0.316 e. The van der Waals surface area contributed by atoms with E-state index in [1.807, 2.05) is 12.1 Å². The minimum Gasteiger partial charge on any atom is -0.316 e. The van der Waals surface area contributed by atoms with Crippen molar-refractivity contribution in [3.8, 4) is 0 Å². The fourth-order valence-corrected chi connectivity index (χ4v) is 7.44. The van der Waals surface area contributed by atoms with E-state index in [1.165, 1.54) is 62.5 Å². The van der Waals surface area contributed by atoms with Gasteiger partial charge >= 0.3 is 0 Å². The zero-order valence-corrected chi connectivity index (χ0v) is 22.6. The Bertz CT molecular complexity index is 922. The van der Waals surface area contributed by atoms with Gasteiger partial charge in [-0.05, 0) is 123 Å². The summed E-state index contributed by atoms with van der Waals surface area (Å²) in [4.78, 5) is 0. The summed E-state index contributed by atoms with van der Waals surface area (Å²) in [5.74, 6) is 1.54. The molecular weight excluding hydrogens is 506 g/mol. The van der Waals surface area contributed by atoms with Gasteiger partial charge in [0.15, 0.2) is 0 Å². The van der Waals surface area contributed by atoms with Crippen molar-refractivity contribution in [2.45, 2.75) is 62.2 Å². The van der Waals surface area contributed by atoms with Gasteiger partial charge < -0.3 is 10.6 Å². The summed E-state index contributed by atoms with van der Waals surface area (Å²) in [6, 6.07) is 12.4. The molecule has 0 aromatic heterocycles. The molecule has 4 aliphatic rings. The first-order chi connectivity index (χ1) is 16.4. The molecule has 34 heavy (non-hydrogen) atoms. The molecule has 2 N–H and O–H groups in total. The normalized spacial score (nSPS) is 26.8. The molecule has 4 fully saturated rings. The first kappa shape index (κ1) is 25.2. The summed E-state index contributed by atoms with van der Waals surface area (Å²) in [7, 11) is 0. The fraction of sp³-hybridized carbons (Fsp3) is 0.571. The average Bonchev–Trinajstić information content (AvgIpc) is 3.47. The van der Waals surface area contributed by atoms with Crippen LogP contribution < -0.4 is 10.6 Å². The van der Waals surface area contributed by atoms with Crippen molar-refractivity contribution in [2.24, 2.45) is 11.8 Å². The maximum absolute atomic E-state index is 6.16. The van der Waals surface area contributed by atoms with Gasteiger partial charge in [0.05, 0.1) is 20.1 Å². The highest BCUT2D eigenvalue weighted by atomic mass is 35.5. The molecule has 2 saturated heterocycles. The van der Waals surface area contributed by atoms with Crippen molar-refractivity contribution in [2.75, 3.05) is 26.2 Å². The molecular formula is C28H34Cl4N2. The molecule has 2 aliphatic carbocycles. The Morgan fingerprint density at radius 3 is 1.26 bits per heavy atom. The van der Waals surface area contributed by atoms with Gasteiger partial charge in [-0.25, -0.2) is 0 Å². The van der Waals surface area contributed by atoms with E-state index in [0.29, 0.717) is 30.9 Å². The number of benzene rings is 2. The number of hydrogen-bond donors (Lipinski definition) is 2. The third-order valence-corrected chi connectivity index (χ3v) is 10.6. The molecule has 2 aromatic rings. The standard InChI is InChI=1S/2C14H17Cl2N/c2*15-12-3-2-10(8-13(12)16)14(5-1-6-14)11-4-7-17-9-11/h2*2-3,8,11,17H,1,4-7,9H2. The van der Waals surface area contributed by atoms with Gasteiger partial charge in [0.1, 0.15) is 0 Å². The van der Waals surface area contributed by atoms with Gasteiger partial charge in [0.2, 0.25) is 0 Å². The zero-order chi connectivity index (χ0) is 23.8. The lowest BCUT2D eigenvalue weighted by Crippen LogP contribution is -2.42. The Hall–Kier alpha value is -0.480. The summed E-state index contributed by atoms with van der Waals surface area (Å²) in [6.45, 7) is 4.63. The molecule has 184 valence electrons. The zero-order valence-electron chi connectivity index (χ0n) is 19.6. The Labute approximate surface area is 224 Å². The van der Waals surface area contributed by atoms with Crippen LogP contribution in [0.2, 0.25) is 20.1 Å². The van der Waals surface area contributed by atoms with Crippen molar-refractivity contribution in [3.63, 3.8) is 0 Å². The van der Waals surface area contributed by atoms with Gasteiger partial charge in [-0.1, -0.05) is 71.4 Å². The van der Waals surface area contributed by atoms with E-state index in [0.717, 1.165) is 38.0 Å². The minimum absolute atomic E-state index is 0.373. The van der Waals surface area contributed by atoms with Crippen LogP contribution in [0.4, 0.5) is 0 Å². The molecule has 2 aliphatic heterocycles. The van der Waals surface area contributed by atoms with Crippen LogP contribution in [0, 0.1) is 11.8 Å². The first-order valence-corrected chi connectivity index (χ1v) is 14.3. The lowest BCUT2D eigenvalue weighted by atomic mass is 9.57. The van der Waals surface area contributed by atoms with Crippen molar-refractivity contribution < 1.29 is 0 Å². The highest BCUT2D eigenvalue weighted by molar-refractivity contribution is 6.42. The lowest BCUT2D eigenvalue weighted by molar-refractivity contribution is 0.157. The third-order valence-electron chi connectivity index (χ3n) is 9.16. The third kappa shape index (κ3) is 4.64. The molecule has 2 aromatic carbocycles. The molecule has 0 radical (unpaired) electrons. The Balaban J connectivity index is 0.000000142. The monoisotopic (exact) mass is 538 g/mol. The number of halogens is 4. The molecule has 0 spiro atoms. The lowest BCUT2D eigenvalue weighted by Gasteiger charge is -2.47. The second-order valence-corrected chi connectivity index (χ2v) is 12.3. The highest BCUT2D eigenvalue weighted by Crippen LogP contribution is 2.53. The van der Waals surface area contributed by atoms with Crippen molar-refractivity contribution >= 4 is 46.4 Å². The Morgan fingerprint density at radius 1 is 0.588 bits per heavy atom. The molecule has 2 atom stereocenters. The molecule has 2 unspecified atom stereocenters.